The largest absolute Gasteiger partial charge is 0.356 e. The van der Waals surface area contributed by atoms with Crippen LogP contribution in [0.15, 0.2) is 24.3 Å². The van der Waals surface area contributed by atoms with Crippen molar-refractivity contribution in [1.29, 1.82) is 0 Å². The highest BCUT2D eigenvalue weighted by molar-refractivity contribution is 5.96. The zero-order valence-corrected chi connectivity index (χ0v) is 16.6. The number of anilines is 1. The maximum atomic E-state index is 12.6. The smallest absolute Gasteiger partial charge is 0.292 e. The molecule has 0 aliphatic carbocycles. The topological polar surface area (TPSA) is 105 Å². The van der Waals surface area contributed by atoms with Crippen LogP contribution in [-0.2, 0) is 9.59 Å². The number of carbonyl (C=O) groups excluding carboxylic acids is 2. The van der Waals surface area contributed by atoms with Gasteiger partial charge >= 0.3 is 0 Å². The highest BCUT2D eigenvalue weighted by atomic mass is 16.6. The van der Waals surface area contributed by atoms with Gasteiger partial charge in [-0.2, -0.15) is 0 Å². The Labute approximate surface area is 165 Å². The van der Waals surface area contributed by atoms with Crippen molar-refractivity contribution in [2.45, 2.75) is 52.0 Å². The van der Waals surface area contributed by atoms with Crippen LogP contribution < -0.4 is 10.6 Å². The predicted molar refractivity (Wildman–Crippen MR) is 108 cm³/mol. The number of hydrogen-bond acceptors (Lipinski definition) is 5. The van der Waals surface area contributed by atoms with Crippen LogP contribution in [0.5, 0.6) is 0 Å². The minimum atomic E-state index is -0.509. The molecule has 0 aromatic heterocycles. The number of unbranched alkanes of at least 4 members (excludes halogenated alkanes) is 2. The van der Waals surface area contributed by atoms with E-state index in [1.54, 1.807) is 19.1 Å². The summed E-state index contributed by atoms with van der Waals surface area (Å²) in [6, 6.07) is 5.68. The normalized spacial score (nSPS) is 16.4. The molecule has 0 radical (unpaired) electrons. The number of nitro benzene ring substituents is 1. The molecule has 2 rings (SSSR count). The SMILES string of the molecule is CCCCCNC(=O)C1CCN(C(C)C(=O)Nc2ccccc2[N+](=O)[O-])CC1. The number of amides is 2. The Morgan fingerprint density at radius 3 is 2.57 bits per heavy atom. The molecule has 1 aliphatic rings. The van der Waals surface area contributed by atoms with Crippen molar-refractivity contribution in [3.05, 3.63) is 34.4 Å². The summed E-state index contributed by atoms with van der Waals surface area (Å²) in [6.07, 6.45) is 4.67. The van der Waals surface area contributed by atoms with Crippen LogP contribution in [0.1, 0.15) is 46.0 Å². The lowest BCUT2D eigenvalue weighted by Crippen LogP contribution is -2.48. The van der Waals surface area contributed by atoms with Crippen LogP contribution in [-0.4, -0.2) is 47.3 Å². The number of carbonyl (C=O) groups is 2. The third-order valence-corrected chi connectivity index (χ3v) is 5.27. The number of para-hydroxylation sites is 2. The minimum absolute atomic E-state index is 0.0108. The number of rotatable bonds is 9. The van der Waals surface area contributed by atoms with E-state index in [1.165, 1.54) is 12.1 Å². The van der Waals surface area contributed by atoms with Crippen molar-refractivity contribution in [1.82, 2.24) is 10.2 Å². The van der Waals surface area contributed by atoms with Crippen LogP contribution in [0.4, 0.5) is 11.4 Å². The average Bonchev–Trinajstić information content (AvgIpc) is 2.70. The van der Waals surface area contributed by atoms with Gasteiger partial charge < -0.3 is 10.6 Å². The summed E-state index contributed by atoms with van der Waals surface area (Å²) in [4.78, 5) is 37.4. The lowest BCUT2D eigenvalue weighted by atomic mass is 9.95. The first-order valence-electron chi connectivity index (χ1n) is 10.00. The highest BCUT2D eigenvalue weighted by Gasteiger charge is 2.30. The molecule has 1 atom stereocenters. The van der Waals surface area contributed by atoms with Gasteiger partial charge in [0, 0.05) is 18.5 Å². The molecule has 2 N–H and O–H groups in total. The fraction of sp³-hybridized carbons (Fsp3) is 0.600. The first kappa shape index (κ1) is 21.8. The molecule has 154 valence electrons. The molecule has 28 heavy (non-hydrogen) atoms. The van der Waals surface area contributed by atoms with Gasteiger partial charge in [0.05, 0.1) is 11.0 Å². The van der Waals surface area contributed by atoms with Crippen molar-refractivity contribution >= 4 is 23.2 Å². The van der Waals surface area contributed by atoms with E-state index in [1.807, 2.05) is 4.90 Å². The van der Waals surface area contributed by atoms with Crippen LogP contribution in [0.25, 0.3) is 0 Å². The fourth-order valence-corrected chi connectivity index (χ4v) is 3.42. The number of nitrogens with one attached hydrogen (secondary N) is 2. The quantitative estimate of drug-likeness (QED) is 0.383. The maximum Gasteiger partial charge on any atom is 0.292 e. The molecule has 8 heteroatoms. The van der Waals surface area contributed by atoms with Crippen LogP contribution in [0.2, 0.25) is 0 Å². The Kier molecular flexibility index (Phi) is 8.38. The van der Waals surface area contributed by atoms with E-state index in [2.05, 4.69) is 17.6 Å². The molecule has 1 unspecified atom stereocenters. The van der Waals surface area contributed by atoms with Gasteiger partial charge in [-0.25, -0.2) is 0 Å². The molecule has 0 spiro atoms. The molecule has 1 aliphatic heterocycles. The summed E-state index contributed by atoms with van der Waals surface area (Å²) < 4.78 is 0. The van der Waals surface area contributed by atoms with Gasteiger partial charge in [-0.1, -0.05) is 31.9 Å². The molecule has 8 nitrogen and oxygen atoms in total. The number of piperidine rings is 1. The summed E-state index contributed by atoms with van der Waals surface area (Å²) in [5.74, 6) is -0.187. The van der Waals surface area contributed by atoms with E-state index in [0.717, 1.165) is 25.8 Å². The van der Waals surface area contributed by atoms with Crippen molar-refractivity contribution in [2.75, 3.05) is 25.0 Å². The van der Waals surface area contributed by atoms with Gasteiger partial charge in [-0.05, 0) is 45.3 Å². The molecular weight excluding hydrogens is 360 g/mol. The lowest BCUT2D eigenvalue weighted by molar-refractivity contribution is -0.383. The molecule has 1 fully saturated rings. The van der Waals surface area contributed by atoms with Crippen LogP contribution in [0, 0.1) is 16.0 Å². The minimum Gasteiger partial charge on any atom is -0.356 e. The zero-order valence-electron chi connectivity index (χ0n) is 16.6. The van der Waals surface area contributed by atoms with Gasteiger partial charge in [0.2, 0.25) is 11.8 Å². The first-order valence-corrected chi connectivity index (χ1v) is 10.00. The summed E-state index contributed by atoms with van der Waals surface area (Å²) in [6.45, 7) is 5.94. The monoisotopic (exact) mass is 390 g/mol. The molecule has 0 bridgehead atoms. The summed E-state index contributed by atoms with van der Waals surface area (Å²) >= 11 is 0. The summed E-state index contributed by atoms with van der Waals surface area (Å²) in [5.41, 5.74) is 0.0761. The van der Waals surface area contributed by atoms with Crippen molar-refractivity contribution in [3.8, 4) is 0 Å². The second-order valence-corrected chi connectivity index (χ2v) is 7.25. The highest BCUT2D eigenvalue weighted by Crippen LogP contribution is 2.24. The molecule has 1 heterocycles. The third kappa shape index (κ3) is 6.02. The van der Waals surface area contributed by atoms with E-state index in [9.17, 15) is 19.7 Å². The van der Waals surface area contributed by atoms with Crippen molar-refractivity contribution < 1.29 is 14.5 Å². The number of benzene rings is 1. The Hall–Kier alpha value is -2.48. The van der Waals surface area contributed by atoms with E-state index < -0.39 is 11.0 Å². The maximum absolute atomic E-state index is 12.6. The summed E-state index contributed by atoms with van der Waals surface area (Å²) in [7, 11) is 0. The van der Waals surface area contributed by atoms with Crippen LogP contribution in [0.3, 0.4) is 0 Å². The van der Waals surface area contributed by atoms with E-state index >= 15 is 0 Å². The second-order valence-electron chi connectivity index (χ2n) is 7.25. The van der Waals surface area contributed by atoms with Gasteiger partial charge in [0.1, 0.15) is 5.69 Å². The molecule has 0 saturated carbocycles. The van der Waals surface area contributed by atoms with Gasteiger partial charge in [-0.15, -0.1) is 0 Å². The third-order valence-electron chi connectivity index (χ3n) is 5.27. The van der Waals surface area contributed by atoms with Gasteiger partial charge in [-0.3, -0.25) is 24.6 Å². The van der Waals surface area contributed by atoms with E-state index in [4.69, 9.17) is 0 Å². The zero-order chi connectivity index (χ0) is 20.5. The Morgan fingerprint density at radius 2 is 1.93 bits per heavy atom. The number of likely N-dealkylation sites (tertiary alicyclic amines) is 1. The van der Waals surface area contributed by atoms with Crippen LogP contribution >= 0.6 is 0 Å². The molecule has 1 aromatic rings. The number of hydrogen-bond donors (Lipinski definition) is 2. The number of nitrogens with zero attached hydrogens (tertiary/aromatic N) is 2. The van der Waals surface area contributed by atoms with Gasteiger partial charge in [0.15, 0.2) is 0 Å². The van der Waals surface area contributed by atoms with Crippen molar-refractivity contribution in [2.24, 2.45) is 5.92 Å². The lowest BCUT2D eigenvalue weighted by Gasteiger charge is -2.34. The predicted octanol–water partition coefficient (Wildman–Crippen LogP) is 2.94. The first-order chi connectivity index (χ1) is 13.4. The second kappa shape index (κ2) is 10.8. The number of nitro groups is 1. The standard InChI is InChI=1S/C20H30N4O4/c1-3-4-7-12-21-20(26)16-10-13-23(14-11-16)15(2)19(25)22-17-8-5-6-9-18(17)24(27)28/h5-6,8-9,15-16H,3-4,7,10-14H2,1-2H3,(H,21,26)(H,22,25). The summed E-state index contributed by atoms with van der Waals surface area (Å²) in [5, 5.41) is 16.8. The van der Waals surface area contributed by atoms with E-state index in [0.29, 0.717) is 25.9 Å². The van der Waals surface area contributed by atoms with Crippen molar-refractivity contribution in [3.63, 3.8) is 0 Å². The van der Waals surface area contributed by atoms with E-state index in [-0.39, 0.29) is 29.1 Å². The molecular formula is C20H30N4O4. The Bertz CT molecular complexity index is 687. The Balaban J connectivity index is 1.83. The fourth-order valence-electron chi connectivity index (χ4n) is 3.42. The van der Waals surface area contributed by atoms with Gasteiger partial charge in [0.25, 0.3) is 5.69 Å². The molecule has 1 aromatic carbocycles. The molecule has 2 amide bonds. The molecule has 1 saturated heterocycles. The average molecular weight is 390 g/mol. The Morgan fingerprint density at radius 1 is 1.25 bits per heavy atom.